The fourth-order valence-corrected chi connectivity index (χ4v) is 2.37. The van der Waals surface area contributed by atoms with Crippen molar-refractivity contribution in [3.63, 3.8) is 0 Å². The number of hydrogen-bond donors (Lipinski definition) is 2. The second-order valence-corrected chi connectivity index (χ2v) is 5.07. The number of para-hydroxylation sites is 1. The van der Waals surface area contributed by atoms with Gasteiger partial charge in [0, 0.05) is 29.2 Å². The molecular weight excluding hydrogens is 272 g/mol. The van der Waals surface area contributed by atoms with E-state index in [1.807, 2.05) is 48.7 Å². The predicted molar refractivity (Wildman–Crippen MR) is 89.2 cm³/mol. The molecule has 1 radical (unpaired) electrons. The normalized spacial score (nSPS) is 11.1. The van der Waals surface area contributed by atoms with Gasteiger partial charge in [-0.2, -0.15) is 0 Å². The summed E-state index contributed by atoms with van der Waals surface area (Å²) in [5, 5.41) is 3.94. The molecule has 2 N–H and O–H groups in total. The van der Waals surface area contributed by atoms with E-state index < -0.39 is 0 Å². The van der Waals surface area contributed by atoms with Gasteiger partial charge in [-0.3, -0.25) is 4.79 Å². The molecule has 0 fully saturated rings. The van der Waals surface area contributed by atoms with Crippen molar-refractivity contribution < 1.29 is 4.79 Å². The highest BCUT2D eigenvalue weighted by Crippen LogP contribution is 2.18. The highest BCUT2D eigenvalue weighted by molar-refractivity contribution is 5.93. The van der Waals surface area contributed by atoms with Crippen LogP contribution in [0, 0.1) is 6.08 Å². The Labute approximate surface area is 129 Å². The van der Waals surface area contributed by atoms with Crippen molar-refractivity contribution in [2.24, 2.45) is 0 Å². The smallest absolute Gasteiger partial charge is 0.252 e. The Balaban J connectivity index is 1.55. The van der Waals surface area contributed by atoms with Crippen LogP contribution >= 0.6 is 0 Å². The monoisotopic (exact) mass is 289 g/mol. The minimum Gasteiger partial charge on any atom is -0.361 e. The van der Waals surface area contributed by atoms with E-state index in [2.05, 4.69) is 28.5 Å². The number of aromatic nitrogens is 1. The summed E-state index contributed by atoms with van der Waals surface area (Å²) in [6.45, 7) is 0.609. The van der Waals surface area contributed by atoms with Crippen LogP contribution < -0.4 is 5.32 Å². The number of hydrogen-bond acceptors (Lipinski definition) is 1. The van der Waals surface area contributed by atoms with E-state index in [0.717, 1.165) is 22.9 Å². The van der Waals surface area contributed by atoms with Crippen LogP contribution in [-0.4, -0.2) is 17.4 Å². The quantitative estimate of drug-likeness (QED) is 0.695. The molecule has 109 valence electrons. The van der Waals surface area contributed by atoms with Crippen molar-refractivity contribution in [2.45, 2.75) is 6.42 Å². The lowest BCUT2D eigenvalue weighted by molar-refractivity contribution is -0.117. The molecule has 0 saturated carbocycles. The predicted octanol–water partition coefficient (Wildman–Crippen LogP) is 3.34. The topological polar surface area (TPSA) is 44.9 Å². The van der Waals surface area contributed by atoms with Crippen molar-refractivity contribution in [2.75, 3.05) is 6.54 Å². The molecular formula is C19H17N2O. The Morgan fingerprint density at radius 3 is 2.73 bits per heavy atom. The number of carbonyl (C=O) groups excluding carboxylic acids is 1. The first kappa shape index (κ1) is 14.1. The van der Waals surface area contributed by atoms with Gasteiger partial charge in [-0.15, -0.1) is 0 Å². The molecule has 3 aromatic rings. The fraction of sp³-hybridized carbons (Fsp3) is 0.105. The molecule has 2 aromatic carbocycles. The third kappa shape index (κ3) is 3.44. The minimum atomic E-state index is -0.193. The molecule has 3 nitrogen and oxygen atoms in total. The number of carbonyl (C=O) groups is 1. The lowest BCUT2D eigenvalue weighted by Gasteiger charge is -2.01. The molecule has 0 spiro atoms. The molecule has 0 atom stereocenters. The summed E-state index contributed by atoms with van der Waals surface area (Å²) in [4.78, 5) is 15.0. The second-order valence-electron chi connectivity index (χ2n) is 5.07. The van der Waals surface area contributed by atoms with E-state index >= 15 is 0 Å². The maximum Gasteiger partial charge on any atom is 0.252 e. The van der Waals surface area contributed by atoms with Crippen LogP contribution in [0.25, 0.3) is 17.0 Å². The number of rotatable bonds is 5. The van der Waals surface area contributed by atoms with E-state index in [0.29, 0.717) is 6.54 Å². The van der Waals surface area contributed by atoms with Crippen LogP contribution in [0.4, 0.5) is 0 Å². The lowest BCUT2D eigenvalue weighted by atomic mass is 10.1. The van der Waals surface area contributed by atoms with Crippen molar-refractivity contribution in [3.05, 3.63) is 78.0 Å². The molecule has 0 aliphatic rings. The average Bonchev–Trinajstić information content (AvgIpc) is 2.97. The summed E-state index contributed by atoms with van der Waals surface area (Å²) in [7, 11) is 0. The minimum absolute atomic E-state index is 0.193. The maximum atomic E-state index is 11.8. The first-order valence-corrected chi connectivity index (χ1v) is 7.30. The van der Waals surface area contributed by atoms with Crippen molar-refractivity contribution in [3.8, 4) is 0 Å². The summed E-state index contributed by atoms with van der Waals surface area (Å²) in [6.07, 6.45) is 7.19. The van der Waals surface area contributed by atoms with Gasteiger partial charge in [0.1, 0.15) is 0 Å². The molecule has 1 aromatic heterocycles. The maximum absolute atomic E-state index is 11.8. The molecule has 22 heavy (non-hydrogen) atoms. The summed E-state index contributed by atoms with van der Waals surface area (Å²) in [6, 6.07) is 18.1. The fourth-order valence-electron chi connectivity index (χ4n) is 2.37. The number of nitrogens with one attached hydrogen (secondary N) is 2. The Kier molecular flexibility index (Phi) is 4.35. The van der Waals surface area contributed by atoms with Gasteiger partial charge in [0.15, 0.2) is 0 Å². The van der Waals surface area contributed by atoms with Gasteiger partial charge in [0.25, 0.3) is 5.91 Å². The molecule has 0 aliphatic heterocycles. The van der Waals surface area contributed by atoms with Gasteiger partial charge in [-0.25, -0.2) is 0 Å². The number of aromatic amines is 1. The standard InChI is InChI=1S/C19H17N2O/c22-19(20-13-12-15-6-2-1-3-7-15)11-10-16-14-21-18-9-5-4-8-17(16)18/h1-10,14,21H,12-13H2,(H,20,22). The Morgan fingerprint density at radius 2 is 1.86 bits per heavy atom. The van der Waals surface area contributed by atoms with Gasteiger partial charge >= 0.3 is 0 Å². The second kappa shape index (κ2) is 6.76. The zero-order valence-corrected chi connectivity index (χ0v) is 12.2. The van der Waals surface area contributed by atoms with Crippen LogP contribution in [0.3, 0.4) is 0 Å². The molecule has 0 saturated heterocycles. The Morgan fingerprint density at radius 1 is 1.09 bits per heavy atom. The van der Waals surface area contributed by atoms with E-state index in [4.69, 9.17) is 0 Å². The number of benzene rings is 2. The van der Waals surface area contributed by atoms with Gasteiger partial charge in [0.2, 0.25) is 0 Å². The van der Waals surface area contributed by atoms with E-state index in [9.17, 15) is 4.79 Å². The van der Waals surface area contributed by atoms with Crippen LogP contribution in [0.15, 0.2) is 60.8 Å². The summed E-state index contributed by atoms with van der Waals surface area (Å²) < 4.78 is 0. The van der Waals surface area contributed by atoms with Crippen molar-refractivity contribution in [1.82, 2.24) is 10.3 Å². The first-order valence-electron chi connectivity index (χ1n) is 7.30. The highest BCUT2D eigenvalue weighted by Gasteiger charge is 2.01. The highest BCUT2D eigenvalue weighted by atomic mass is 16.1. The van der Waals surface area contributed by atoms with Gasteiger partial charge < -0.3 is 10.3 Å². The number of H-pyrrole nitrogens is 1. The summed E-state index contributed by atoms with van der Waals surface area (Å²) in [5.41, 5.74) is 3.23. The van der Waals surface area contributed by atoms with Crippen molar-refractivity contribution in [1.29, 1.82) is 0 Å². The number of amides is 1. The lowest BCUT2D eigenvalue weighted by Crippen LogP contribution is -2.23. The SMILES string of the molecule is O=C([C]=Cc1c[nH]c2ccccc12)NCCc1ccccc1. The van der Waals surface area contributed by atoms with Gasteiger partial charge in [0.05, 0.1) is 6.08 Å². The van der Waals surface area contributed by atoms with Crippen LogP contribution in [-0.2, 0) is 11.2 Å². The zero-order chi connectivity index (χ0) is 15.2. The molecule has 1 heterocycles. The molecule has 3 heteroatoms. The van der Waals surface area contributed by atoms with E-state index in [1.54, 1.807) is 6.08 Å². The molecule has 0 bridgehead atoms. The van der Waals surface area contributed by atoms with Crippen LogP contribution in [0.2, 0.25) is 0 Å². The summed E-state index contributed by atoms with van der Waals surface area (Å²) >= 11 is 0. The first-order chi connectivity index (χ1) is 10.8. The molecule has 3 rings (SSSR count). The molecule has 1 amide bonds. The third-order valence-corrected chi connectivity index (χ3v) is 3.52. The molecule has 0 unspecified atom stereocenters. The molecule has 0 aliphatic carbocycles. The van der Waals surface area contributed by atoms with Crippen LogP contribution in [0.5, 0.6) is 0 Å². The Hall–Kier alpha value is -2.81. The number of fused-ring (bicyclic) bond motifs is 1. The largest absolute Gasteiger partial charge is 0.361 e. The Bertz CT molecular complexity index is 787. The third-order valence-electron chi connectivity index (χ3n) is 3.52. The van der Waals surface area contributed by atoms with Gasteiger partial charge in [-0.1, -0.05) is 48.5 Å². The van der Waals surface area contributed by atoms with E-state index in [1.165, 1.54) is 5.56 Å². The zero-order valence-electron chi connectivity index (χ0n) is 12.2. The van der Waals surface area contributed by atoms with Crippen molar-refractivity contribution >= 4 is 22.9 Å². The average molecular weight is 289 g/mol. The van der Waals surface area contributed by atoms with Crippen LogP contribution in [0.1, 0.15) is 11.1 Å². The van der Waals surface area contributed by atoms with E-state index in [-0.39, 0.29) is 5.91 Å². The summed E-state index contributed by atoms with van der Waals surface area (Å²) in [5.74, 6) is -0.193. The van der Waals surface area contributed by atoms with Gasteiger partial charge in [-0.05, 0) is 24.1 Å².